The number of thiophene rings is 1. The van der Waals surface area contributed by atoms with Crippen molar-refractivity contribution in [1.29, 1.82) is 0 Å². The molecule has 0 fully saturated rings. The molecule has 2 aromatic heterocycles. The first-order chi connectivity index (χ1) is 12.6. The number of carbonyl (C=O) groups excluding carboxylic acids is 2. The number of aryl methyl sites for hydroxylation is 2. The summed E-state index contributed by atoms with van der Waals surface area (Å²) in [6.07, 6.45) is 7.06. The van der Waals surface area contributed by atoms with Crippen molar-refractivity contribution in [3.63, 3.8) is 0 Å². The van der Waals surface area contributed by atoms with Gasteiger partial charge in [0.15, 0.2) is 0 Å². The summed E-state index contributed by atoms with van der Waals surface area (Å²) in [6, 6.07) is -0.533. The summed E-state index contributed by atoms with van der Waals surface area (Å²) < 4.78 is 0. The molecular weight excluding hydrogens is 368 g/mol. The van der Waals surface area contributed by atoms with E-state index in [-0.39, 0.29) is 17.6 Å². The van der Waals surface area contributed by atoms with E-state index < -0.39 is 6.04 Å². The Morgan fingerprint density at radius 2 is 2.12 bits per heavy atom. The maximum absolute atomic E-state index is 12.2. The summed E-state index contributed by atoms with van der Waals surface area (Å²) in [4.78, 5) is 35.3. The number of nitrogens with one attached hydrogen (secondary N) is 2. The fourth-order valence-electron chi connectivity index (χ4n) is 3.05. The summed E-state index contributed by atoms with van der Waals surface area (Å²) in [7, 11) is 0. The Labute approximate surface area is 161 Å². The van der Waals surface area contributed by atoms with Crippen LogP contribution >= 0.6 is 23.1 Å². The van der Waals surface area contributed by atoms with Gasteiger partial charge in [-0.25, -0.2) is 9.97 Å². The van der Waals surface area contributed by atoms with Gasteiger partial charge in [0.2, 0.25) is 11.8 Å². The lowest BCUT2D eigenvalue weighted by atomic mass is 9.97. The Bertz CT molecular complexity index is 806. The Hall–Kier alpha value is -1.67. The van der Waals surface area contributed by atoms with Crippen molar-refractivity contribution in [1.82, 2.24) is 20.6 Å². The molecule has 1 atom stereocenters. The van der Waals surface area contributed by atoms with E-state index in [1.165, 1.54) is 35.0 Å². The highest BCUT2D eigenvalue weighted by Crippen LogP contribution is 2.39. The molecule has 2 aromatic rings. The second kappa shape index (κ2) is 8.81. The van der Waals surface area contributed by atoms with Crippen LogP contribution in [0.25, 0.3) is 10.2 Å². The van der Waals surface area contributed by atoms with Crippen LogP contribution in [0.4, 0.5) is 0 Å². The molecule has 8 heteroatoms. The van der Waals surface area contributed by atoms with Gasteiger partial charge in [0.1, 0.15) is 22.2 Å². The van der Waals surface area contributed by atoms with E-state index >= 15 is 0 Å². The SMILES string of the molecule is CCCNC(=O)[C@@H](C)NC(=O)CSc1ncnc2sc3c(c12)CCCC3. The van der Waals surface area contributed by atoms with Gasteiger partial charge < -0.3 is 10.6 Å². The maximum Gasteiger partial charge on any atom is 0.242 e. The lowest BCUT2D eigenvalue weighted by Crippen LogP contribution is -2.45. The van der Waals surface area contributed by atoms with Crippen molar-refractivity contribution in [3.05, 3.63) is 16.8 Å². The molecule has 0 saturated heterocycles. The maximum atomic E-state index is 12.2. The smallest absolute Gasteiger partial charge is 0.242 e. The number of aromatic nitrogens is 2. The average molecular weight is 393 g/mol. The summed E-state index contributed by atoms with van der Waals surface area (Å²) in [5.74, 6) is -0.0752. The van der Waals surface area contributed by atoms with Crippen LogP contribution in [-0.4, -0.2) is 40.1 Å². The minimum Gasteiger partial charge on any atom is -0.354 e. The highest BCUT2D eigenvalue weighted by atomic mass is 32.2. The molecule has 0 saturated carbocycles. The van der Waals surface area contributed by atoms with Crippen LogP contribution in [0.1, 0.15) is 43.6 Å². The Morgan fingerprint density at radius 3 is 2.92 bits per heavy atom. The molecule has 0 unspecified atom stereocenters. The van der Waals surface area contributed by atoms with Crippen LogP contribution in [-0.2, 0) is 22.4 Å². The lowest BCUT2D eigenvalue weighted by Gasteiger charge is -2.14. The van der Waals surface area contributed by atoms with E-state index in [2.05, 4.69) is 20.6 Å². The summed E-state index contributed by atoms with van der Waals surface area (Å²) in [6.45, 7) is 4.31. The Morgan fingerprint density at radius 1 is 1.31 bits per heavy atom. The molecule has 2 heterocycles. The molecule has 0 aromatic carbocycles. The first kappa shape index (κ1) is 19.1. The van der Waals surface area contributed by atoms with Crippen molar-refractivity contribution in [2.45, 2.75) is 57.0 Å². The van der Waals surface area contributed by atoms with Gasteiger partial charge in [-0.05, 0) is 44.6 Å². The molecule has 2 amide bonds. The number of fused-ring (bicyclic) bond motifs is 3. The number of nitrogens with zero attached hydrogens (tertiary/aromatic N) is 2. The molecule has 140 valence electrons. The van der Waals surface area contributed by atoms with E-state index in [1.54, 1.807) is 24.6 Å². The molecule has 0 aliphatic heterocycles. The fourth-order valence-corrected chi connectivity index (χ4v) is 5.19. The highest BCUT2D eigenvalue weighted by Gasteiger charge is 2.21. The van der Waals surface area contributed by atoms with E-state index in [4.69, 9.17) is 0 Å². The van der Waals surface area contributed by atoms with Gasteiger partial charge in [-0.3, -0.25) is 9.59 Å². The zero-order chi connectivity index (χ0) is 18.5. The lowest BCUT2D eigenvalue weighted by molar-refractivity contribution is -0.127. The second-order valence-corrected chi connectivity index (χ2v) is 8.49. The number of thioether (sulfide) groups is 1. The third-order valence-electron chi connectivity index (χ3n) is 4.38. The number of hydrogen-bond acceptors (Lipinski definition) is 6. The van der Waals surface area contributed by atoms with E-state index in [1.807, 2.05) is 6.92 Å². The molecule has 1 aliphatic rings. The van der Waals surface area contributed by atoms with E-state index in [0.29, 0.717) is 6.54 Å². The topological polar surface area (TPSA) is 84.0 Å². The molecule has 6 nitrogen and oxygen atoms in total. The van der Waals surface area contributed by atoms with Gasteiger partial charge in [0, 0.05) is 16.8 Å². The van der Waals surface area contributed by atoms with Crippen molar-refractivity contribution in [3.8, 4) is 0 Å². The third-order valence-corrected chi connectivity index (χ3v) is 6.57. The standard InChI is InChI=1S/C18H24N4O2S2/c1-3-8-19-16(24)11(2)22-14(23)9-25-17-15-12-6-4-5-7-13(12)26-18(15)21-10-20-17/h10-11H,3-9H2,1-2H3,(H,19,24)(H,22,23)/t11-/m1/s1. The first-order valence-corrected chi connectivity index (χ1v) is 10.9. The molecule has 0 radical (unpaired) electrons. The quantitative estimate of drug-likeness (QED) is 0.559. The van der Waals surface area contributed by atoms with Crippen molar-refractivity contribution in [2.75, 3.05) is 12.3 Å². The summed E-state index contributed by atoms with van der Waals surface area (Å²) in [5.41, 5.74) is 1.37. The molecule has 1 aliphatic carbocycles. The molecule has 3 rings (SSSR count). The predicted molar refractivity (Wildman–Crippen MR) is 106 cm³/mol. The summed E-state index contributed by atoms with van der Waals surface area (Å²) >= 11 is 3.17. The zero-order valence-electron chi connectivity index (χ0n) is 15.1. The van der Waals surface area contributed by atoms with Crippen LogP contribution in [0, 0.1) is 0 Å². The van der Waals surface area contributed by atoms with E-state index in [0.717, 1.165) is 34.5 Å². The minimum atomic E-state index is -0.533. The predicted octanol–water partition coefficient (Wildman–Crippen LogP) is 2.69. The van der Waals surface area contributed by atoms with Crippen LogP contribution in [0.5, 0.6) is 0 Å². The Balaban J connectivity index is 1.63. The number of rotatable bonds is 7. The molecule has 2 N–H and O–H groups in total. The van der Waals surface area contributed by atoms with Gasteiger partial charge in [-0.2, -0.15) is 0 Å². The monoisotopic (exact) mass is 392 g/mol. The zero-order valence-corrected chi connectivity index (χ0v) is 16.8. The normalized spacial score (nSPS) is 14.7. The van der Waals surface area contributed by atoms with Gasteiger partial charge in [-0.15, -0.1) is 11.3 Å². The van der Waals surface area contributed by atoms with Crippen LogP contribution in [0.2, 0.25) is 0 Å². The molecule has 0 bridgehead atoms. The molecule has 0 spiro atoms. The van der Waals surface area contributed by atoms with Crippen molar-refractivity contribution in [2.24, 2.45) is 0 Å². The largest absolute Gasteiger partial charge is 0.354 e. The van der Waals surface area contributed by atoms with Gasteiger partial charge in [0.25, 0.3) is 0 Å². The van der Waals surface area contributed by atoms with Gasteiger partial charge in [-0.1, -0.05) is 18.7 Å². The van der Waals surface area contributed by atoms with Crippen molar-refractivity contribution < 1.29 is 9.59 Å². The van der Waals surface area contributed by atoms with Crippen LogP contribution in [0.15, 0.2) is 11.4 Å². The second-order valence-electron chi connectivity index (χ2n) is 6.44. The average Bonchev–Trinajstić information content (AvgIpc) is 3.03. The third kappa shape index (κ3) is 4.35. The molecule has 26 heavy (non-hydrogen) atoms. The van der Waals surface area contributed by atoms with Crippen LogP contribution < -0.4 is 10.6 Å². The van der Waals surface area contributed by atoms with Crippen LogP contribution in [0.3, 0.4) is 0 Å². The first-order valence-electron chi connectivity index (χ1n) is 9.05. The molecular formula is C18H24N4O2S2. The number of carbonyl (C=O) groups is 2. The van der Waals surface area contributed by atoms with Gasteiger partial charge in [0.05, 0.1) is 5.75 Å². The number of amides is 2. The Kier molecular flexibility index (Phi) is 6.48. The van der Waals surface area contributed by atoms with Gasteiger partial charge >= 0.3 is 0 Å². The van der Waals surface area contributed by atoms with Crippen molar-refractivity contribution >= 4 is 45.1 Å². The number of hydrogen-bond donors (Lipinski definition) is 2. The summed E-state index contributed by atoms with van der Waals surface area (Å²) in [5, 5.41) is 7.53. The highest BCUT2D eigenvalue weighted by molar-refractivity contribution is 8.00. The minimum absolute atomic E-state index is 0.151. The van der Waals surface area contributed by atoms with E-state index in [9.17, 15) is 9.59 Å². The fraction of sp³-hybridized carbons (Fsp3) is 0.556.